The van der Waals surface area contributed by atoms with Crippen molar-refractivity contribution in [1.82, 2.24) is 0 Å². The molecule has 2 heterocycles. The molecule has 6 heteroatoms. The molecule has 2 aliphatic rings. The topological polar surface area (TPSA) is 65.0 Å². The highest BCUT2D eigenvalue weighted by molar-refractivity contribution is 7.48. The van der Waals surface area contributed by atoms with Gasteiger partial charge in [0.15, 0.2) is 6.10 Å². The summed E-state index contributed by atoms with van der Waals surface area (Å²) in [4.78, 5) is 0. The molecule has 0 radical (unpaired) electrons. The molecule has 0 bridgehead atoms. The van der Waals surface area contributed by atoms with Crippen LogP contribution in [0.5, 0.6) is 0 Å². The SMILES string of the molecule is O=[P+](O[C@@H]1CO[C@H]2[C@@H]1OC[C@@H]2O)c1ccccc1. The van der Waals surface area contributed by atoms with Gasteiger partial charge in [-0.25, -0.2) is 0 Å². The summed E-state index contributed by atoms with van der Waals surface area (Å²) in [5.41, 5.74) is 0. The van der Waals surface area contributed by atoms with E-state index in [1.54, 1.807) is 12.1 Å². The number of aliphatic hydroxyl groups is 1. The molecular formula is C12H14O5P+. The van der Waals surface area contributed by atoms with E-state index in [9.17, 15) is 9.67 Å². The minimum atomic E-state index is -1.92. The Bertz CT molecular complexity index is 437. The van der Waals surface area contributed by atoms with Gasteiger partial charge in [-0.3, -0.25) is 0 Å². The molecule has 2 aliphatic heterocycles. The van der Waals surface area contributed by atoms with Gasteiger partial charge in [0.2, 0.25) is 5.30 Å². The zero-order chi connectivity index (χ0) is 12.5. The van der Waals surface area contributed by atoms with Gasteiger partial charge in [-0.05, 0) is 16.7 Å². The Morgan fingerprint density at radius 2 is 1.89 bits per heavy atom. The van der Waals surface area contributed by atoms with Gasteiger partial charge in [0.05, 0.1) is 13.2 Å². The van der Waals surface area contributed by atoms with E-state index in [1.807, 2.05) is 18.2 Å². The van der Waals surface area contributed by atoms with Crippen LogP contribution < -0.4 is 5.30 Å². The summed E-state index contributed by atoms with van der Waals surface area (Å²) in [7, 11) is -1.92. The molecule has 0 saturated carbocycles. The lowest BCUT2D eigenvalue weighted by molar-refractivity contribution is 0.0103. The Balaban J connectivity index is 1.66. The maximum absolute atomic E-state index is 12.0. The van der Waals surface area contributed by atoms with Crippen LogP contribution in [0, 0.1) is 0 Å². The summed E-state index contributed by atoms with van der Waals surface area (Å²) < 4.78 is 28.4. The van der Waals surface area contributed by atoms with Crippen LogP contribution in [-0.2, 0) is 18.6 Å². The van der Waals surface area contributed by atoms with E-state index in [0.29, 0.717) is 11.9 Å². The third kappa shape index (κ3) is 2.20. The van der Waals surface area contributed by atoms with Crippen molar-refractivity contribution in [3.63, 3.8) is 0 Å². The number of hydrogen-bond donors (Lipinski definition) is 1. The molecule has 0 spiro atoms. The van der Waals surface area contributed by atoms with Crippen LogP contribution in [0.4, 0.5) is 0 Å². The van der Waals surface area contributed by atoms with Crippen LogP contribution in [0.1, 0.15) is 0 Å². The summed E-state index contributed by atoms with van der Waals surface area (Å²) in [6.07, 6.45) is -1.66. The Morgan fingerprint density at radius 1 is 1.17 bits per heavy atom. The van der Waals surface area contributed by atoms with E-state index in [0.717, 1.165) is 0 Å². The fourth-order valence-electron chi connectivity index (χ4n) is 2.27. The molecule has 96 valence electrons. The van der Waals surface area contributed by atoms with Gasteiger partial charge in [0.1, 0.15) is 18.3 Å². The molecule has 1 unspecified atom stereocenters. The Morgan fingerprint density at radius 3 is 2.67 bits per heavy atom. The van der Waals surface area contributed by atoms with Crippen molar-refractivity contribution >= 4 is 13.3 Å². The summed E-state index contributed by atoms with van der Waals surface area (Å²) in [6, 6.07) is 9.01. The Kier molecular flexibility index (Phi) is 3.41. The standard InChI is InChI=1S/C12H14O5P/c13-9-6-15-12-10(7-16-11(9)12)17-18(14)8-4-2-1-3-5-8/h1-5,9-13H,6-7H2/q+1/t9-,10+,11+,12+/m0/s1. The second-order valence-corrected chi connectivity index (χ2v) is 5.64. The van der Waals surface area contributed by atoms with Crippen molar-refractivity contribution in [2.75, 3.05) is 13.2 Å². The van der Waals surface area contributed by atoms with Gasteiger partial charge in [0, 0.05) is 0 Å². The normalized spacial score (nSPS) is 35.5. The van der Waals surface area contributed by atoms with Crippen molar-refractivity contribution < 1.29 is 23.7 Å². The number of ether oxygens (including phenoxy) is 2. The van der Waals surface area contributed by atoms with Gasteiger partial charge in [-0.15, -0.1) is 4.52 Å². The number of hydrogen-bond acceptors (Lipinski definition) is 5. The van der Waals surface area contributed by atoms with E-state index in [4.69, 9.17) is 14.0 Å². The van der Waals surface area contributed by atoms with Crippen molar-refractivity contribution in [3.05, 3.63) is 30.3 Å². The zero-order valence-electron chi connectivity index (χ0n) is 9.64. The summed E-state index contributed by atoms with van der Waals surface area (Å²) in [5.74, 6) is 0. The molecule has 18 heavy (non-hydrogen) atoms. The van der Waals surface area contributed by atoms with Crippen LogP contribution in [-0.4, -0.2) is 42.7 Å². The van der Waals surface area contributed by atoms with E-state index in [-0.39, 0.29) is 24.9 Å². The van der Waals surface area contributed by atoms with Crippen LogP contribution >= 0.6 is 8.03 Å². The summed E-state index contributed by atoms with van der Waals surface area (Å²) in [6.45, 7) is 0.553. The van der Waals surface area contributed by atoms with Crippen molar-refractivity contribution in [2.24, 2.45) is 0 Å². The quantitative estimate of drug-likeness (QED) is 0.814. The molecule has 1 N–H and O–H groups in total. The highest BCUT2D eigenvalue weighted by Crippen LogP contribution is 2.34. The minimum absolute atomic E-state index is 0.247. The van der Waals surface area contributed by atoms with E-state index in [1.165, 1.54) is 0 Å². The molecule has 0 aliphatic carbocycles. The molecule has 5 nitrogen and oxygen atoms in total. The second-order valence-electron chi connectivity index (χ2n) is 4.40. The maximum Gasteiger partial charge on any atom is 0.549 e. The molecule has 1 aromatic carbocycles. The lowest BCUT2D eigenvalue weighted by Crippen LogP contribution is -2.32. The molecule has 0 aromatic heterocycles. The van der Waals surface area contributed by atoms with Crippen LogP contribution in [0.2, 0.25) is 0 Å². The minimum Gasteiger partial charge on any atom is -0.388 e. The molecule has 0 amide bonds. The Labute approximate surface area is 106 Å². The molecule has 1 aromatic rings. The first-order valence-electron chi connectivity index (χ1n) is 5.86. The number of fused-ring (bicyclic) bond motifs is 1. The third-order valence-corrected chi connectivity index (χ3v) is 4.36. The van der Waals surface area contributed by atoms with E-state index in [2.05, 4.69) is 0 Å². The van der Waals surface area contributed by atoms with Crippen LogP contribution in [0.3, 0.4) is 0 Å². The van der Waals surface area contributed by atoms with Crippen molar-refractivity contribution in [3.8, 4) is 0 Å². The summed E-state index contributed by atoms with van der Waals surface area (Å²) >= 11 is 0. The molecule has 3 rings (SSSR count). The van der Waals surface area contributed by atoms with Gasteiger partial charge in [0.25, 0.3) is 0 Å². The Hall–Kier alpha value is -0.840. The van der Waals surface area contributed by atoms with Gasteiger partial charge < -0.3 is 14.6 Å². The first kappa shape index (κ1) is 12.2. The van der Waals surface area contributed by atoms with Gasteiger partial charge in [-0.2, -0.15) is 0 Å². The van der Waals surface area contributed by atoms with Crippen LogP contribution in [0.25, 0.3) is 0 Å². The highest BCUT2D eigenvalue weighted by atomic mass is 31.1. The lowest BCUT2D eigenvalue weighted by atomic mass is 10.1. The lowest BCUT2D eigenvalue weighted by Gasteiger charge is -2.10. The predicted molar refractivity (Wildman–Crippen MR) is 64.0 cm³/mol. The van der Waals surface area contributed by atoms with Gasteiger partial charge >= 0.3 is 8.03 Å². The first-order valence-corrected chi connectivity index (χ1v) is 7.04. The second kappa shape index (κ2) is 5.03. The van der Waals surface area contributed by atoms with Crippen LogP contribution in [0.15, 0.2) is 30.3 Å². The van der Waals surface area contributed by atoms with Crippen molar-refractivity contribution in [2.45, 2.75) is 24.4 Å². The molecular weight excluding hydrogens is 255 g/mol. The maximum atomic E-state index is 12.0. The fraction of sp³-hybridized carbons (Fsp3) is 0.500. The molecule has 2 fully saturated rings. The van der Waals surface area contributed by atoms with Crippen molar-refractivity contribution in [1.29, 1.82) is 0 Å². The van der Waals surface area contributed by atoms with E-state index < -0.39 is 14.1 Å². The monoisotopic (exact) mass is 269 g/mol. The average Bonchev–Trinajstić information content (AvgIpc) is 2.95. The number of rotatable bonds is 3. The number of benzene rings is 1. The van der Waals surface area contributed by atoms with E-state index >= 15 is 0 Å². The average molecular weight is 269 g/mol. The fourth-order valence-corrected chi connectivity index (χ4v) is 3.23. The van der Waals surface area contributed by atoms with Gasteiger partial charge in [-0.1, -0.05) is 18.2 Å². The predicted octanol–water partition coefficient (Wildman–Crippen LogP) is 0.598. The zero-order valence-corrected chi connectivity index (χ0v) is 10.5. The largest absolute Gasteiger partial charge is 0.549 e. The molecule has 2 saturated heterocycles. The smallest absolute Gasteiger partial charge is 0.388 e. The molecule has 5 atom stereocenters. The summed E-state index contributed by atoms with van der Waals surface area (Å²) in [5, 5.41) is 10.2. The first-order chi connectivity index (χ1) is 8.75. The highest BCUT2D eigenvalue weighted by Gasteiger charge is 2.51. The number of aliphatic hydroxyl groups excluding tert-OH is 1. The third-order valence-electron chi connectivity index (χ3n) is 3.18.